The molecule has 3 rings (SSSR count). The van der Waals surface area contributed by atoms with Crippen molar-refractivity contribution < 1.29 is 13.7 Å². The van der Waals surface area contributed by atoms with Gasteiger partial charge >= 0.3 is 0 Å². The summed E-state index contributed by atoms with van der Waals surface area (Å²) in [7, 11) is 0. The minimum Gasteiger partial charge on any atom is -0.482 e. The topological polar surface area (TPSA) is 87.3 Å². The molecule has 0 bridgehead atoms. The maximum Gasteiger partial charge on any atom is 0.264 e. The predicted molar refractivity (Wildman–Crippen MR) is 71.9 cm³/mol. The van der Waals surface area contributed by atoms with Crippen LogP contribution < -0.4 is 10.5 Å². The largest absolute Gasteiger partial charge is 0.482 e. The molecule has 2 heterocycles. The Morgan fingerprint density at radius 1 is 1.25 bits per heavy atom. The summed E-state index contributed by atoms with van der Waals surface area (Å²) in [6.45, 7) is 2.07. The van der Waals surface area contributed by atoms with Crippen LogP contribution in [0.25, 0.3) is 11.6 Å². The number of anilines is 1. The van der Waals surface area contributed by atoms with Crippen LogP contribution in [-0.2, 0) is 6.61 Å². The molecule has 2 N–H and O–H groups in total. The number of hydrogen-bond donors (Lipinski definition) is 1. The Bertz CT molecular complexity index is 718. The van der Waals surface area contributed by atoms with E-state index in [2.05, 4.69) is 10.1 Å². The highest BCUT2D eigenvalue weighted by Gasteiger charge is 2.14. The predicted octanol–water partition coefficient (Wildman–Crippen LogP) is 2.80. The Kier molecular flexibility index (Phi) is 3.12. The van der Waals surface area contributed by atoms with Crippen molar-refractivity contribution in [3.8, 4) is 17.3 Å². The fourth-order valence-corrected chi connectivity index (χ4v) is 1.76. The quantitative estimate of drug-likeness (QED) is 0.734. The van der Waals surface area contributed by atoms with Crippen molar-refractivity contribution in [3.63, 3.8) is 0 Å². The van der Waals surface area contributed by atoms with E-state index in [1.807, 2.05) is 25.1 Å². The fraction of sp³-hybridized carbons (Fsp3) is 0.143. The molecule has 0 radical (unpaired) electrons. The average Bonchev–Trinajstić information content (AvgIpc) is 3.06. The van der Waals surface area contributed by atoms with Gasteiger partial charge in [-0.1, -0.05) is 17.3 Å². The molecule has 0 saturated carbocycles. The highest BCUT2D eigenvalue weighted by molar-refractivity contribution is 5.52. The SMILES string of the molecule is Cc1ccoc1-c1noc(COc2ccccc2N)n1. The van der Waals surface area contributed by atoms with Crippen LogP contribution >= 0.6 is 0 Å². The number of nitrogens with two attached hydrogens (primary N) is 1. The minimum atomic E-state index is 0.154. The Hall–Kier alpha value is -2.76. The molecule has 6 nitrogen and oxygen atoms in total. The van der Waals surface area contributed by atoms with Gasteiger partial charge in [-0.25, -0.2) is 0 Å². The lowest BCUT2D eigenvalue weighted by molar-refractivity contribution is 0.244. The van der Waals surface area contributed by atoms with E-state index >= 15 is 0 Å². The lowest BCUT2D eigenvalue weighted by atomic mass is 10.3. The fourth-order valence-electron chi connectivity index (χ4n) is 1.76. The standard InChI is InChI=1S/C14H13N3O3/c1-9-6-7-18-13(9)14-16-12(20-17-14)8-19-11-5-3-2-4-10(11)15/h2-7H,8,15H2,1H3. The third kappa shape index (κ3) is 2.35. The zero-order valence-corrected chi connectivity index (χ0v) is 10.9. The van der Waals surface area contributed by atoms with Crippen LogP contribution in [-0.4, -0.2) is 10.1 Å². The average molecular weight is 271 g/mol. The zero-order valence-electron chi connectivity index (χ0n) is 10.9. The number of furan rings is 1. The van der Waals surface area contributed by atoms with E-state index in [-0.39, 0.29) is 6.61 Å². The summed E-state index contributed by atoms with van der Waals surface area (Å²) in [6, 6.07) is 9.07. The maximum atomic E-state index is 5.78. The van der Waals surface area contributed by atoms with Gasteiger partial charge in [0.15, 0.2) is 12.4 Å². The van der Waals surface area contributed by atoms with Crippen molar-refractivity contribution in [3.05, 3.63) is 48.0 Å². The molecule has 102 valence electrons. The van der Waals surface area contributed by atoms with Gasteiger partial charge in [-0.3, -0.25) is 0 Å². The normalized spacial score (nSPS) is 10.7. The number of ether oxygens (including phenoxy) is 1. The van der Waals surface area contributed by atoms with Crippen LogP contribution in [0, 0.1) is 6.92 Å². The molecule has 0 amide bonds. The van der Waals surface area contributed by atoms with Gasteiger partial charge in [0.05, 0.1) is 12.0 Å². The Balaban J connectivity index is 1.72. The second-order valence-corrected chi connectivity index (χ2v) is 4.27. The Morgan fingerprint density at radius 2 is 2.10 bits per heavy atom. The summed E-state index contributed by atoms with van der Waals surface area (Å²) in [5, 5.41) is 3.86. The second-order valence-electron chi connectivity index (χ2n) is 4.27. The smallest absolute Gasteiger partial charge is 0.264 e. The summed E-state index contributed by atoms with van der Waals surface area (Å²) in [6.07, 6.45) is 1.59. The van der Waals surface area contributed by atoms with Crippen LogP contribution in [0.15, 0.2) is 45.5 Å². The van der Waals surface area contributed by atoms with E-state index in [9.17, 15) is 0 Å². The van der Waals surface area contributed by atoms with Crippen LogP contribution in [0.3, 0.4) is 0 Å². The van der Waals surface area contributed by atoms with Crippen molar-refractivity contribution in [1.82, 2.24) is 10.1 Å². The number of hydrogen-bond acceptors (Lipinski definition) is 6. The highest BCUT2D eigenvalue weighted by atomic mass is 16.5. The number of nitrogens with zero attached hydrogens (tertiary/aromatic N) is 2. The summed E-state index contributed by atoms with van der Waals surface area (Å²) in [4.78, 5) is 4.22. The molecular weight excluding hydrogens is 258 g/mol. The van der Waals surface area contributed by atoms with Crippen molar-refractivity contribution in [2.45, 2.75) is 13.5 Å². The van der Waals surface area contributed by atoms with E-state index in [1.165, 1.54) is 0 Å². The molecule has 6 heteroatoms. The van der Waals surface area contributed by atoms with Crippen molar-refractivity contribution in [2.75, 3.05) is 5.73 Å². The van der Waals surface area contributed by atoms with Gasteiger partial charge in [0.1, 0.15) is 5.75 Å². The lowest BCUT2D eigenvalue weighted by Crippen LogP contribution is -1.98. The van der Waals surface area contributed by atoms with Gasteiger partial charge in [-0.2, -0.15) is 4.98 Å². The molecule has 0 aliphatic heterocycles. The van der Waals surface area contributed by atoms with Gasteiger partial charge in [0, 0.05) is 0 Å². The second kappa shape index (κ2) is 5.08. The first-order chi connectivity index (χ1) is 9.74. The van der Waals surface area contributed by atoms with E-state index in [0.29, 0.717) is 28.9 Å². The first-order valence-electron chi connectivity index (χ1n) is 6.08. The van der Waals surface area contributed by atoms with Crippen LogP contribution in [0.4, 0.5) is 5.69 Å². The number of aromatic nitrogens is 2. The number of nitrogen functional groups attached to an aromatic ring is 1. The summed E-state index contributed by atoms with van der Waals surface area (Å²) in [5.74, 6) is 1.95. The summed E-state index contributed by atoms with van der Waals surface area (Å²) in [5.41, 5.74) is 7.29. The Labute approximate surface area is 115 Å². The zero-order chi connectivity index (χ0) is 13.9. The number of benzene rings is 1. The van der Waals surface area contributed by atoms with Crippen molar-refractivity contribution >= 4 is 5.69 Å². The van der Waals surface area contributed by atoms with E-state index in [4.69, 9.17) is 19.4 Å². The summed E-state index contributed by atoms with van der Waals surface area (Å²) < 4.78 is 15.9. The maximum absolute atomic E-state index is 5.78. The number of rotatable bonds is 4. The first kappa shape index (κ1) is 12.3. The molecule has 0 saturated heterocycles. The van der Waals surface area contributed by atoms with Crippen molar-refractivity contribution in [1.29, 1.82) is 0 Å². The molecular formula is C14H13N3O3. The molecule has 0 unspecified atom stereocenters. The van der Waals surface area contributed by atoms with Crippen molar-refractivity contribution in [2.24, 2.45) is 0 Å². The first-order valence-corrected chi connectivity index (χ1v) is 6.08. The number of aryl methyl sites for hydroxylation is 1. The van der Waals surface area contributed by atoms with E-state index in [1.54, 1.807) is 18.4 Å². The molecule has 0 atom stereocenters. The third-order valence-electron chi connectivity index (χ3n) is 2.80. The van der Waals surface area contributed by atoms with Crippen LogP contribution in [0.1, 0.15) is 11.5 Å². The molecule has 0 aliphatic carbocycles. The lowest BCUT2D eigenvalue weighted by Gasteiger charge is -2.05. The Morgan fingerprint density at radius 3 is 2.85 bits per heavy atom. The van der Waals surface area contributed by atoms with E-state index < -0.39 is 0 Å². The van der Waals surface area contributed by atoms with Crippen LogP contribution in [0.5, 0.6) is 5.75 Å². The number of para-hydroxylation sites is 2. The van der Waals surface area contributed by atoms with Gasteiger partial charge in [-0.05, 0) is 30.7 Å². The highest BCUT2D eigenvalue weighted by Crippen LogP contribution is 2.23. The molecule has 1 aromatic carbocycles. The van der Waals surface area contributed by atoms with Crippen LogP contribution in [0.2, 0.25) is 0 Å². The van der Waals surface area contributed by atoms with E-state index in [0.717, 1.165) is 5.56 Å². The monoisotopic (exact) mass is 271 g/mol. The van der Waals surface area contributed by atoms with Gasteiger partial charge in [0.2, 0.25) is 5.82 Å². The molecule has 0 aliphatic rings. The van der Waals surface area contributed by atoms with Gasteiger partial charge < -0.3 is 19.4 Å². The van der Waals surface area contributed by atoms with Gasteiger partial charge in [-0.15, -0.1) is 0 Å². The molecule has 0 fully saturated rings. The molecule has 20 heavy (non-hydrogen) atoms. The molecule has 2 aromatic heterocycles. The molecule has 0 spiro atoms. The third-order valence-corrected chi connectivity index (χ3v) is 2.80. The molecule has 3 aromatic rings. The minimum absolute atomic E-state index is 0.154. The summed E-state index contributed by atoms with van der Waals surface area (Å²) >= 11 is 0. The van der Waals surface area contributed by atoms with Gasteiger partial charge in [0.25, 0.3) is 5.89 Å².